The molecule has 4 N–H and O–H groups in total. The number of carboxylic acid groups (broad SMARTS) is 1. The number of rotatable bonds is 23. The molecule has 0 fully saturated rings. The third-order valence-electron chi connectivity index (χ3n) is 9.37. The number of nitrogens with one attached hydrogen (secondary N) is 3. The Hall–Kier alpha value is -3.84. The Kier molecular flexibility index (Phi) is 19.0. The summed E-state index contributed by atoms with van der Waals surface area (Å²) in [6.45, 7) is 13.8. The van der Waals surface area contributed by atoms with Gasteiger partial charge in [-0.05, 0) is 56.7 Å². The predicted molar refractivity (Wildman–Crippen MR) is 204 cm³/mol. The summed E-state index contributed by atoms with van der Waals surface area (Å²) in [5, 5.41) is 20.6. The zero-order chi connectivity index (χ0) is 39.0. The standard InChI is InChI=1S/C39H61N5O7S/c1-10-33(45)51-32(22-31(24(2)3)44(9)38(48)34(25(4)5)43-35(46)26(6)16-14-15-19-40-8)37-42-30(23-52-37)36(47)41-29(20-27(7)39(49)50)21-28-17-12-11-13-18-28/h11-13,17-18,23-27,29,31-32,34,40H,10,14-16,19-22H2,1-9H3,(H,41,47)(H,43,46)(H,49,50)/t26-,27+,29-,31-,32-,34+/m1/s1. The third kappa shape index (κ3) is 14.3. The molecule has 12 nitrogen and oxygen atoms in total. The lowest BCUT2D eigenvalue weighted by Gasteiger charge is -2.36. The molecule has 0 unspecified atom stereocenters. The van der Waals surface area contributed by atoms with Crippen LogP contribution < -0.4 is 16.0 Å². The molecule has 13 heteroatoms. The van der Waals surface area contributed by atoms with E-state index >= 15 is 0 Å². The van der Waals surface area contributed by atoms with Gasteiger partial charge >= 0.3 is 11.9 Å². The monoisotopic (exact) mass is 743 g/mol. The fraction of sp³-hybridized carbons (Fsp3) is 0.641. The van der Waals surface area contributed by atoms with Crippen molar-refractivity contribution in [1.82, 2.24) is 25.8 Å². The van der Waals surface area contributed by atoms with Crippen LogP contribution in [0.3, 0.4) is 0 Å². The summed E-state index contributed by atoms with van der Waals surface area (Å²) in [5.74, 6) is -3.36. The van der Waals surface area contributed by atoms with Crippen molar-refractivity contribution in [3.05, 3.63) is 52.0 Å². The van der Waals surface area contributed by atoms with Crippen LogP contribution in [0.4, 0.5) is 0 Å². The van der Waals surface area contributed by atoms with Crippen LogP contribution in [0.5, 0.6) is 0 Å². The number of hydrogen-bond donors (Lipinski definition) is 4. The van der Waals surface area contributed by atoms with Crippen LogP contribution in [0, 0.1) is 23.7 Å². The van der Waals surface area contributed by atoms with Crippen molar-refractivity contribution >= 4 is 41.0 Å². The number of aromatic nitrogens is 1. The Morgan fingerprint density at radius 3 is 2.17 bits per heavy atom. The molecule has 0 bridgehead atoms. The first-order valence-electron chi connectivity index (χ1n) is 18.5. The van der Waals surface area contributed by atoms with Crippen LogP contribution >= 0.6 is 11.3 Å². The number of amides is 3. The summed E-state index contributed by atoms with van der Waals surface area (Å²) in [7, 11) is 3.61. The number of carbonyl (C=O) groups excluding carboxylic acids is 4. The van der Waals surface area contributed by atoms with Gasteiger partial charge in [0.2, 0.25) is 11.8 Å². The lowest BCUT2D eigenvalue weighted by atomic mass is 9.94. The Balaban J connectivity index is 2.28. The van der Waals surface area contributed by atoms with Crippen molar-refractivity contribution in [3.63, 3.8) is 0 Å². The smallest absolute Gasteiger partial charge is 0.306 e. The van der Waals surface area contributed by atoms with Crippen molar-refractivity contribution in [2.24, 2.45) is 23.7 Å². The Morgan fingerprint density at radius 2 is 1.60 bits per heavy atom. The maximum absolute atomic E-state index is 14.0. The fourth-order valence-corrected chi connectivity index (χ4v) is 6.87. The molecule has 0 radical (unpaired) electrons. The van der Waals surface area contributed by atoms with Crippen LogP contribution in [-0.2, 0) is 30.3 Å². The second-order valence-electron chi connectivity index (χ2n) is 14.5. The number of hydrogen-bond acceptors (Lipinski definition) is 9. The highest BCUT2D eigenvalue weighted by Gasteiger charge is 2.35. The highest BCUT2D eigenvalue weighted by molar-refractivity contribution is 7.09. The highest BCUT2D eigenvalue weighted by atomic mass is 32.1. The van der Waals surface area contributed by atoms with Gasteiger partial charge < -0.3 is 30.7 Å². The Morgan fingerprint density at radius 1 is 0.923 bits per heavy atom. The van der Waals surface area contributed by atoms with Crippen LogP contribution in [0.1, 0.15) is 114 Å². The number of carboxylic acids is 1. The molecule has 1 aromatic carbocycles. The molecular weight excluding hydrogens is 683 g/mol. The summed E-state index contributed by atoms with van der Waals surface area (Å²) >= 11 is 1.19. The number of aliphatic carboxylic acids is 1. The molecule has 0 aliphatic carbocycles. The van der Waals surface area contributed by atoms with E-state index < -0.39 is 48.0 Å². The van der Waals surface area contributed by atoms with Crippen LogP contribution in [0.25, 0.3) is 0 Å². The summed E-state index contributed by atoms with van der Waals surface area (Å²) in [6.07, 6.45) is 2.80. The van der Waals surface area contributed by atoms with Crippen molar-refractivity contribution in [1.29, 1.82) is 0 Å². The van der Waals surface area contributed by atoms with Crippen molar-refractivity contribution in [2.45, 2.75) is 118 Å². The van der Waals surface area contributed by atoms with Crippen LogP contribution in [0.15, 0.2) is 35.7 Å². The van der Waals surface area contributed by atoms with Crippen LogP contribution in [0.2, 0.25) is 0 Å². The topological polar surface area (TPSA) is 167 Å². The molecule has 2 aromatic rings. The SMILES string of the molecule is CCC(=O)O[C@H](C[C@H](C(C)C)N(C)C(=O)[C@@H](NC(=O)[C@H](C)CCCCNC)C(C)C)c1nc(C(=O)N[C@@H](Cc2ccccc2)C[C@H](C)C(=O)O)cs1. The molecule has 0 saturated heterocycles. The molecule has 6 atom stereocenters. The fourth-order valence-electron chi connectivity index (χ4n) is 6.03. The van der Waals surface area contributed by atoms with E-state index in [1.807, 2.05) is 72.0 Å². The minimum atomic E-state index is -0.945. The number of esters is 1. The van der Waals surface area contributed by atoms with Crippen molar-refractivity contribution < 1.29 is 33.8 Å². The van der Waals surface area contributed by atoms with Gasteiger partial charge in [-0.3, -0.25) is 24.0 Å². The van der Waals surface area contributed by atoms with E-state index in [0.717, 1.165) is 31.4 Å². The zero-order valence-corrected chi connectivity index (χ0v) is 33.3. The second-order valence-corrected chi connectivity index (χ2v) is 15.4. The maximum Gasteiger partial charge on any atom is 0.306 e. The zero-order valence-electron chi connectivity index (χ0n) is 32.4. The predicted octanol–water partition coefficient (Wildman–Crippen LogP) is 5.63. The Labute approximate surface area is 313 Å². The number of nitrogens with zero attached hydrogens (tertiary/aromatic N) is 2. The van der Waals surface area contributed by atoms with E-state index in [9.17, 15) is 29.1 Å². The van der Waals surface area contributed by atoms with Gasteiger partial charge in [-0.2, -0.15) is 0 Å². The van der Waals surface area contributed by atoms with Gasteiger partial charge in [0.25, 0.3) is 5.91 Å². The van der Waals surface area contributed by atoms with Gasteiger partial charge in [0.15, 0.2) is 6.10 Å². The van der Waals surface area contributed by atoms with Crippen LogP contribution in [-0.4, -0.2) is 83.4 Å². The molecule has 0 aliphatic rings. The number of ether oxygens (including phenoxy) is 1. The number of benzene rings is 1. The molecule has 0 saturated carbocycles. The van der Waals surface area contributed by atoms with E-state index in [1.165, 1.54) is 11.3 Å². The van der Waals surface area contributed by atoms with Gasteiger partial charge in [0.05, 0.1) is 5.92 Å². The van der Waals surface area contributed by atoms with E-state index in [2.05, 4.69) is 20.9 Å². The molecule has 52 heavy (non-hydrogen) atoms. The third-order valence-corrected chi connectivity index (χ3v) is 10.3. The van der Waals surface area contributed by atoms with Gasteiger partial charge in [-0.25, -0.2) is 4.98 Å². The summed E-state index contributed by atoms with van der Waals surface area (Å²) in [4.78, 5) is 71.2. The van der Waals surface area contributed by atoms with E-state index in [1.54, 1.807) is 31.2 Å². The number of likely N-dealkylation sites (N-methyl/N-ethyl adjacent to an activating group) is 1. The molecule has 3 amide bonds. The quantitative estimate of drug-likeness (QED) is 0.0834. The van der Waals surface area contributed by atoms with Gasteiger partial charge in [0, 0.05) is 43.3 Å². The first kappa shape index (κ1) is 44.3. The largest absolute Gasteiger partial charge is 0.481 e. The van der Waals surface area contributed by atoms with E-state index in [4.69, 9.17) is 4.74 Å². The van der Waals surface area contributed by atoms with Gasteiger partial charge in [-0.1, -0.05) is 85.2 Å². The van der Waals surface area contributed by atoms with Gasteiger partial charge in [-0.15, -0.1) is 11.3 Å². The minimum absolute atomic E-state index is 0.0518. The average Bonchev–Trinajstić information content (AvgIpc) is 3.60. The van der Waals surface area contributed by atoms with E-state index in [-0.39, 0.29) is 54.5 Å². The number of unbranched alkanes of at least 4 members (excludes halogenated alkanes) is 1. The minimum Gasteiger partial charge on any atom is -0.481 e. The van der Waals surface area contributed by atoms with Gasteiger partial charge in [0.1, 0.15) is 16.7 Å². The number of thiazole rings is 1. The summed E-state index contributed by atoms with van der Waals surface area (Å²) in [5.41, 5.74) is 1.09. The molecule has 0 spiro atoms. The summed E-state index contributed by atoms with van der Waals surface area (Å²) in [6, 6.07) is 7.94. The second kappa shape index (κ2) is 22.3. The Bertz CT molecular complexity index is 1430. The lowest BCUT2D eigenvalue weighted by molar-refractivity contribution is -0.151. The molecule has 2 rings (SSSR count). The molecule has 290 valence electrons. The normalized spacial score (nSPS) is 14.9. The average molecular weight is 744 g/mol. The highest BCUT2D eigenvalue weighted by Crippen LogP contribution is 2.31. The maximum atomic E-state index is 14.0. The summed E-state index contributed by atoms with van der Waals surface area (Å²) < 4.78 is 5.89. The molecule has 1 aromatic heterocycles. The first-order valence-corrected chi connectivity index (χ1v) is 19.4. The molecular formula is C39H61N5O7S. The van der Waals surface area contributed by atoms with E-state index in [0.29, 0.717) is 11.4 Å². The molecule has 1 heterocycles. The van der Waals surface area contributed by atoms with Crippen molar-refractivity contribution in [3.8, 4) is 0 Å². The number of carbonyl (C=O) groups is 5. The lowest BCUT2D eigenvalue weighted by Crippen LogP contribution is -2.54. The molecule has 0 aliphatic heterocycles. The first-order chi connectivity index (χ1) is 24.6. The van der Waals surface area contributed by atoms with Crippen molar-refractivity contribution in [2.75, 3.05) is 20.6 Å².